The van der Waals surface area contributed by atoms with E-state index in [1.165, 1.54) is 6.07 Å². The van der Waals surface area contributed by atoms with Gasteiger partial charge >= 0.3 is 5.97 Å². The Morgan fingerprint density at radius 2 is 1.94 bits per heavy atom. The summed E-state index contributed by atoms with van der Waals surface area (Å²) in [5.74, 6) is 0.0915. The normalized spacial score (nSPS) is 13.0. The van der Waals surface area contributed by atoms with Crippen molar-refractivity contribution in [3.63, 3.8) is 0 Å². The fourth-order valence-electron chi connectivity index (χ4n) is 1.54. The molecule has 0 amide bonds. The number of carbonyl (C=O) groups is 1. The van der Waals surface area contributed by atoms with E-state index >= 15 is 0 Å². The second kappa shape index (κ2) is 3.06. The average Bonchev–Trinajstić information content (AvgIpc) is 2.71. The summed E-state index contributed by atoms with van der Waals surface area (Å²) >= 11 is 0. The zero-order valence-corrected chi connectivity index (χ0v) is 8.01. The molecule has 1 aliphatic heterocycles. The summed E-state index contributed by atoms with van der Waals surface area (Å²) in [6.45, 7) is 0.171. The van der Waals surface area contributed by atoms with Crippen LogP contribution in [0.15, 0.2) is 18.2 Å². The van der Waals surface area contributed by atoms with Crippen molar-refractivity contribution in [3.05, 3.63) is 23.9 Å². The van der Waals surface area contributed by atoms with E-state index in [0.29, 0.717) is 22.4 Å². The number of hydrogen-bond acceptors (Lipinski definition) is 5. The lowest BCUT2D eigenvalue weighted by atomic mass is 10.2. The molecule has 6 nitrogen and oxygen atoms in total. The van der Waals surface area contributed by atoms with Gasteiger partial charge in [0.25, 0.3) is 0 Å². The molecular weight excluding hydrogens is 212 g/mol. The van der Waals surface area contributed by atoms with Gasteiger partial charge in [-0.1, -0.05) is 0 Å². The number of hydrogen-bond donors (Lipinski definition) is 1. The Morgan fingerprint density at radius 1 is 1.19 bits per heavy atom. The molecule has 0 aliphatic carbocycles. The molecule has 1 aromatic heterocycles. The highest BCUT2D eigenvalue weighted by molar-refractivity contribution is 5.91. The Balaban J connectivity index is 2.24. The predicted octanol–water partition coefficient (Wildman–Crippen LogP) is 1.06. The fraction of sp³-hybridized carbons (Fsp3) is 0.100. The largest absolute Gasteiger partial charge is 0.476 e. The molecule has 0 fully saturated rings. The van der Waals surface area contributed by atoms with E-state index in [9.17, 15) is 4.79 Å². The zero-order valence-electron chi connectivity index (χ0n) is 8.01. The van der Waals surface area contributed by atoms with Crippen molar-refractivity contribution >= 4 is 16.9 Å². The van der Waals surface area contributed by atoms with E-state index in [1.54, 1.807) is 12.1 Å². The summed E-state index contributed by atoms with van der Waals surface area (Å²) in [7, 11) is 0. The molecule has 0 radical (unpaired) electrons. The Hall–Kier alpha value is -2.37. The Labute approximate surface area is 89.4 Å². The maximum Gasteiger partial charge on any atom is 0.356 e. The molecule has 16 heavy (non-hydrogen) atoms. The van der Waals surface area contributed by atoms with Gasteiger partial charge in [0.1, 0.15) is 0 Å². The topological polar surface area (TPSA) is 81.5 Å². The van der Waals surface area contributed by atoms with Crippen molar-refractivity contribution < 1.29 is 19.4 Å². The standard InChI is InChI=1S/C10H6N2O4/c13-10(14)7-1-5-2-8-9(16-4-15-8)3-6(5)11-12-7/h1-3H,4H2,(H,13,14). The van der Waals surface area contributed by atoms with Crippen LogP contribution in [0.2, 0.25) is 0 Å². The van der Waals surface area contributed by atoms with Gasteiger partial charge in [0, 0.05) is 11.5 Å². The molecule has 3 rings (SSSR count). The second-order valence-corrected chi connectivity index (χ2v) is 3.30. The van der Waals surface area contributed by atoms with Gasteiger partial charge in [0.05, 0.1) is 5.52 Å². The van der Waals surface area contributed by atoms with Crippen LogP contribution in [0.3, 0.4) is 0 Å². The maximum atomic E-state index is 10.7. The summed E-state index contributed by atoms with van der Waals surface area (Å²) in [6, 6.07) is 4.82. The number of aromatic carboxylic acids is 1. The van der Waals surface area contributed by atoms with Gasteiger partial charge in [0.2, 0.25) is 6.79 Å². The zero-order chi connectivity index (χ0) is 11.1. The minimum absolute atomic E-state index is 0.0913. The molecule has 80 valence electrons. The number of benzene rings is 1. The second-order valence-electron chi connectivity index (χ2n) is 3.30. The first-order valence-electron chi connectivity index (χ1n) is 4.54. The van der Waals surface area contributed by atoms with E-state index in [-0.39, 0.29) is 12.5 Å². The monoisotopic (exact) mass is 218 g/mol. The number of ether oxygens (including phenoxy) is 2. The minimum Gasteiger partial charge on any atom is -0.476 e. The summed E-state index contributed by atoms with van der Waals surface area (Å²) < 4.78 is 10.4. The average molecular weight is 218 g/mol. The van der Waals surface area contributed by atoms with E-state index in [1.807, 2.05) is 0 Å². The van der Waals surface area contributed by atoms with Gasteiger partial charge in [-0.05, 0) is 12.1 Å². The van der Waals surface area contributed by atoms with Crippen LogP contribution in [-0.2, 0) is 0 Å². The molecule has 2 aromatic rings. The predicted molar refractivity (Wildman–Crippen MR) is 52.6 cm³/mol. The van der Waals surface area contributed by atoms with E-state index in [2.05, 4.69) is 10.2 Å². The Kier molecular flexibility index (Phi) is 1.70. The summed E-state index contributed by atoms with van der Waals surface area (Å²) in [5, 5.41) is 16.8. The van der Waals surface area contributed by atoms with Crippen LogP contribution in [0.5, 0.6) is 11.5 Å². The van der Waals surface area contributed by atoms with Crippen LogP contribution < -0.4 is 9.47 Å². The van der Waals surface area contributed by atoms with Gasteiger partial charge in [0.15, 0.2) is 17.2 Å². The fourth-order valence-corrected chi connectivity index (χ4v) is 1.54. The molecule has 1 aromatic carbocycles. The van der Waals surface area contributed by atoms with Crippen molar-refractivity contribution in [1.29, 1.82) is 0 Å². The summed E-state index contributed by atoms with van der Waals surface area (Å²) in [6.07, 6.45) is 0. The summed E-state index contributed by atoms with van der Waals surface area (Å²) in [5.41, 5.74) is 0.487. The molecule has 1 N–H and O–H groups in total. The van der Waals surface area contributed by atoms with Crippen LogP contribution in [-0.4, -0.2) is 28.1 Å². The number of rotatable bonds is 1. The quantitative estimate of drug-likeness (QED) is 0.770. The third-order valence-electron chi connectivity index (χ3n) is 2.30. The van der Waals surface area contributed by atoms with Gasteiger partial charge < -0.3 is 14.6 Å². The first-order valence-corrected chi connectivity index (χ1v) is 4.54. The molecule has 0 saturated carbocycles. The number of fused-ring (bicyclic) bond motifs is 2. The van der Waals surface area contributed by atoms with Crippen LogP contribution in [0, 0.1) is 0 Å². The van der Waals surface area contributed by atoms with Crippen LogP contribution in [0.25, 0.3) is 10.9 Å². The van der Waals surface area contributed by atoms with Crippen molar-refractivity contribution in [2.24, 2.45) is 0 Å². The van der Waals surface area contributed by atoms with Crippen LogP contribution in [0.1, 0.15) is 10.5 Å². The maximum absolute atomic E-state index is 10.7. The molecule has 0 saturated heterocycles. The SMILES string of the molecule is O=C(O)c1cc2cc3c(cc2nn1)OCO3. The van der Waals surface area contributed by atoms with Crippen molar-refractivity contribution in [3.8, 4) is 11.5 Å². The number of carboxylic acids is 1. The molecule has 1 aliphatic rings. The molecule has 0 atom stereocenters. The van der Waals surface area contributed by atoms with Crippen molar-refractivity contribution in [1.82, 2.24) is 10.2 Å². The van der Waals surface area contributed by atoms with E-state index in [4.69, 9.17) is 14.6 Å². The third-order valence-corrected chi connectivity index (χ3v) is 2.30. The van der Waals surface area contributed by atoms with Gasteiger partial charge in [-0.2, -0.15) is 0 Å². The molecule has 6 heteroatoms. The van der Waals surface area contributed by atoms with Crippen LogP contribution in [0.4, 0.5) is 0 Å². The van der Waals surface area contributed by atoms with Gasteiger partial charge in [-0.3, -0.25) is 0 Å². The van der Waals surface area contributed by atoms with E-state index in [0.717, 1.165) is 0 Å². The summed E-state index contributed by atoms with van der Waals surface area (Å²) in [4.78, 5) is 10.7. The smallest absolute Gasteiger partial charge is 0.356 e. The van der Waals surface area contributed by atoms with Crippen LogP contribution >= 0.6 is 0 Å². The lowest BCUT2D eigenvalue weighted by Crippen LogP contribution is -2.01. The first kappa shape index (κ1) is 8.90. The van der Waals surface area contributed by atoms with Crippen molar-refractivity contribution in [2.75, 3.05) is 6.79 Å². The lowest BCUT2D eigenvalue weighted by Gasteiger charge is -2.00. The number of nitrogens with zero attached hydrogens (tertiary/aromatic N) is 2. The molecular formula is C10H6N2O4. The highest BCUT2D eigenvalue weighted by atomic mass is 16.7. The lowest BCUT2D eigenvalue weighted by molar-refractivity contribution is 0.0689. The minimum atomic E-state index is -1.10. The number of aromatic nitrogens is 2. The third kappa shape index (κ3) is 1.23. The molecule has 0 spiro atoms. The number of carboxylic acid groups (broad SMARTS) is 1. The van der Waals surface area contributed by atoms with Gasteiger partial charge in [-0.25, -0.2) is 4.79 Å². The molecule has 0 unspecified atom stereocenters. The Morgan fingerprint density at radius 3 is 2.69 bits per heavy atom. The van der Waals surface area contributed by atoms with Crippen molar-refractivity contribution in [2.45, 2.75) is 0 Å². The highest BCUT2D eigenvalue weighted by Crippen LogP contribution is 2.35. The first-order chi connectivity index (χ1) is 7.74. The molecule has 2 heterocycles. The van der Waals surface area contributed by atoms with Gasteiger partial charge in [-0.15, -0.1) is 10.2 Å². The Bertz CT molecular complexity index is 597. The van der Waals surface area contributed by atoms with E-state index < -0.39 is 5.97 Å². The molecule has 0 bridgehead atoms. The highest BCUT2D eigenvalue weighted by Gasteiger charge is 2.16.